The lowest BCUT2D eigenvalue weighted by atomic mass is 10.3. The first-order chi connectivity index (χ1) is 14.0. The summed E-state index contributed by atoms with van der Waals surface area (Å²) in [6, 6.07) is 10.1. The summed E-state index contributed by atoms with van der Waals surface area (Å²) >= 11 is 7.13. The standard InChI is InChI=1S/C19H13ClN4O4S/c1-27-13-5-7-22-16(17(13)25)18(26)24-19-23-12-3-2-10(8-14(12)29-19)28-11-4-6-21-15(20)9-11/h2-9,25H,1H3,(H,23,24,26). The number of nitrogens with one attached hydrogen (secondary N) is 1. The number of fused-ring (bicyclic) bond motifs is 1. The summed E-state index contributed by atoms with van der Waals surface area (Å²) in [6.45, 7) is 0. The third-order valence-electron chi connectivity index (χ3n) is 3.84. The molecular formula is C19H13ClN4O4S. The lowest BCUT2D eigenvalue weighted by Gasteiger charge is -2.06. The van der Waals surface area contributed by atoms with Crippen LogP contribution in [0.3, 0.4) is 0 Å². The first-order valence-corrected chi connectivity index (χ1v) is 9.46. The maximum atomic E-state index is 12.5. The number of pyridine rings is 2. The molecule has 29 heavy (non-hydrogen) atoms. The van der Waals surface area contributed by atoms with Crippen molar-refractivity contribution in [1.82, 2.24) is 15.0 Å². The number of carbonyl (C=O) groups is 1. The van der Waals surface area contributed by atoms with E-state index in [0.717, 1.165) is 4.70 Å². The molecule has 0 aliphatic carbocycles. The average Bonchev–Trinajstić information content (AvgIpc) is 3.09. The summed E-state index contributed by atoms with van der Waals surface area (Å²) in [5, 5.41) is 13.4. The average molecular weight is 429 g/mol. The number of methoxy groups -OCH3 is 1. The quantitative estimate of drug-likeness (QED) is 0.451. The molecule has 8 nitrogen and oxygen atoms in total. The molecule has 0 atom stereocenters. The third-order valence-corrected chi connectivity index (χ3v) is 4.98. The number of amides is 1. The Hall–Kier alpha value is -3.43. The van der Waals surface area contributed by atoms with Gasteiger partial charge in [-0.1, -0.05) is 22.9 Å². The maximum absolute atomic E-state index is 12.5. The summed E-state index contributed by atoms with van der Waals surface area (Å²) in [5.41, 5.74) is 0.537. The number of halogens is 1. The molecule has 2 N–H and O–H groups in total. The molecule has 146 valence electrons. The van der Waals surface area contributed by atoms with Gasteiger partial charge in [0.25, 0.3) is 5.91 Å². The van der Waals surface area contributed by atoms with Gasteiger partial charge in [0.1, 0.15) is 16.7 Å². The first-order valence-electron chi connectivity index (χ1n) is 8.27. The second kappa shape index (κ2) is 7.90. The van der Waals surface area contributed by atoms with Gasteiger partial charge in [-0.3, -0.25) is 10.1 Å². The van der Waals surface area contributed by atoms with Crippen molar-refractivity contribution in [3.8, 4) is 23.0 Å². The molecule has 0 aliphatic rings. The Morgan fingerprint density at radius 2 is 1.93 bits per heavy atom. The summed E-state index contributed by atoms with van der Waals surface area (Å²) in [4.78, 5) is 24.6. The summed E-state index contributed by atoms with van der Waals surface area (Å²) in [5.74, 6) is 0.381. The molecule has 4 rings (SSSR count). The molecule has 0 saturated heterocycles. The van der Waals surface area contributed by atoms with Gasteiger partial charge in [0, 0.05) is 30.6 Å². The van der Waals surface area contributed by atoms with Crippen LogP contribution in [0.4, 0.5) is 5.13 Å². The van der Waals surface area contributed by atoms with Crippen molar-refractivity contribution in [3.63, 3.8) is 0 Å². The predicted molar refractivity (Wildman–Crippen MR) is 109 cm³/mol. The number of nitrogens with zero attached hydrogens (tertiary/aromatic N) is 3. The number of hydrogen-bond donors (Lipinski definition) is 2. The Labute approximate surface area is 173 Å². The predicted octanol–water partition coefficient (Wildman–Crippen LogP) is 4.50. The first kappa shape index (κ1) is 18.9. The maximum Gasteiger partial charge on any atom is 0.280 e. The highest BCUT2D eigenvalue weighted by atomic mass is 35.5. The van der Waals surface area contributed by atoms with Crippen molar-refractivity contribution in [3.05, 3.63) is 59.6 Å². The lowest BCUT2D eigenvalue weighted by molar-refractivity contribution is 0.101. The Morgan fingerprint density at radius 3 is 2.72 bits per heavy atom. The highest BCUT2D eigenvalue weighted by molar-refractivity contribution is 7.22. The number of ether oxygens (including phenoxy) is 2. The SMILES string of the molecule is COc1ccnc(C(=O)Nc2nc3ccc(Oc4ccnc(Cl)c4)cc3s2)c1O. The van der Waals surface area contributed by atoms with Crippen LogP contribution in [0.15, 0.2) is 48.8 Å². The van der Waals surface area contributed by atoms with Gasteiger partial charge in [-0.25, -0.2) is 15.0 Å². The minimum atomic E-state index is -0.594. The molecule has 0 bridgehead atoms. The van der Waals surface area contributed by atoms with Crippen LogP contribution in [-0.4, -0.2) is 33.1 Å². The molecule has 3 aromatic heterocycles. The van der Waals surface area contributed by atoms with E-state index >= 15 is 0 Å². The highest BCUT2D eigenvalue weighted by Gasteiger charge is 2.18. The minimum absolute atomic E-state index is 0.151. The van der Waals surface area contributed by atoms with Crippen molar-refractivity contribution in [2.45, 2.75) is 0 Å². The second-order valence-electron chi connectivity index (χ2n) is 5.73. The zero-order valence-electron chi connectivity index (χ0n) is 14.9. The van der Waals surface area contributed by atoms with E-state index in [1.807, 2.05) is 0 Å². The molecule has 0 fully saturated rings. The van der Waals surface area contributed by atoms with E-state index in [1.165, 1.54) is 30.7 Å². The number of carbonyl (C=O) groups excluding carboxylic acids is 1. The van der Waals surface area contributed by atoms with Crippen molar-refractivity contribution >= 4 is 44.2 Å². The zero-order valence-corrected chi connectivity index (χ0v) is 16.5. The molecule has 3 heterocycles. The van der Waals surface area contributed by atoms with E-state index in [4.69, 9.17) is 21.1 Å². The Balaban J connectivity index is 1.55. The number of anilines is 1. The lowest BCUT2D eigenvalue weighted by Crippen LogP contribution is -2.13. The van der Waals surface area contributed by atoms with Crippen molar-refractivity contribution < 1.29 is 19.4 Å². The van der Waals surface area contributed by atoms with E-state index in [0.29, 0.717) is 27.3 Å². The van der Waals surface area contributed by atoms with Gasteiger partial charge in [0.2, 0.25) is 0 Å². The molecule has 0 spiro atoms. The van der Waals surface area contributed by atoms with Gasteiger partial charge in [-0.2, -0.15) is 0 Å². The second-order valence-corrected chi connectivity index (χ2v) is 7.15. The topological polar surface area (TPSA) is 106 Å². The van der Waals surface area contributed by atoms with Crippen LogP contribution in [-0.2, 0) is 0 Å². The monoisotopic (exact) mass is 428 g/mol. The number of rotatable bonds is 5. The number of aromatic hydroxyl groups is 1. The number of aromatic nitrogens is 3. The highest BCUT2D eigenvalue weighted by Crippen LogP contribution is 2.33. The van der Waals surface area contributed by atoms with Crippen LogP contribution in [0.25, 0.3) is 10.2 Å². The summed E-state index contributed by atoms with van der Waals surface area (Å²) in [7, 11) is 1.39. The molecule has 0 unspecified atom stereocenters. The zero-order chi connectivity index (χ0) is 20.4. The molecule has 1 amide bonds. The summed E-state index contributed by atoms with van der Waals surface area (Å²) < 4.78 is 11.6. The van der Waals surface area contributed by atoms with Crippen LogP contribution >= 0.6 is 22.9 Å². The van der Waals surface area contributed by atoms with Crippen LogP contribution in [0.5, 0.6) is 23.0 Å². The Bertz CT molecular complexity index is 1210. The van der Waals surface area contributed by atoms with Gasteiger partial charge in [-0.05, 0) is 18.2 Å². The number of benzene rings is 1. The minimum Gasteiger partial charge on any atom is -0.503 e. The smallest absolute Gasteiger partial charge is 0.280 e. The number of thiazole rings is 1. The van der Waals surface area contributed by atoms with E-state index < -0.39 is 5.91 Å². The van der Waals surface area contributed by atoms with E-state index in [1.54, 1.807) is 36.5 Å². The Kier molecular flexibility index (Phi) is 5.15. The van der Waals surface area contributed by atoms with Crippen molar-refractivity contribution in [2.75, 3.05) is 12.4 Å². The van der Waals surface area contributed by atoms with Gasteiger partial charge in [-0.15, -0.1) is 0 Å². The third kappa shape index (κ3) is 4.05. The van der Waals surface area contributed by atoms with Gasteiger partial charge < -0.3 is 14.6 Å². The Morgan fingerprint density at radius 1 is 1.14 bits per heavy atom. The molecule has 0 saturated carbocycles. The summed E-state index contributed by atoms with van der Waals surface area (Å²) in [6.07, 6.45) is 2.93. The number of hydrogen-bond acceptors (Lipinski definition) is 8. The van der Waals surface area contributed by atoms with Gasteiger partial charge >= 0.3 is 0 Å². The van der Waals surface area contributed by atoms with Crippen molar-refractivity contribution in [2.24, 2.45) is 0 Å². The van der Waals surface area contributed by atoms with Crippen LogP contribution in [0, 0.1) is 0 Å². The molecule has 10 heteroatoms. The van der Waals surface area contributed by atoms with E-state index in [-0.39, 0.29) is 17.2 Å². The fourth-order valence-corrected chi connectivity index (χ4v) is 3.58. The van der Waals surface area contributed by atoms with E-state index in [2.05, 4.69) is 20.3 Å². The molecular weight excluding hydrogens is 416 g/mol. The van der Waals surface area contributed by atoms with Crippen LogP contribution < -0.4 is 14.8 Å². The molecule has 4 aromatic rings. The fraction of sp³-hybridized carbons (Fsp3) is 0.0526. The van der Waals surface area contributed by atoms with Crippen LogP contribution in [0.2, 0.25) is 5.15 Å². The van der Waals surface area contributed by atoms with Gasteiger partial charge in [0.15, 0.2) is 22.3 Å². The molecule has 0 aliphatic heterocycles. The van der Waals surface area contributed by atoms with Crippen molar-refractivity contribution in [1.29, 1.82) is 0 Å². The van der Waals surface area contributed by atoms with Gasteiger partial charge in [0.05, 0.1) is 17.3 Å². The van der Waals surface area contributed by atoms with Crippen LogP contribution in [0.1, 0.15) is 10.5 Å². The van der Waals surface area contributed by atoms with E-state index in [9.17, 15) is 9.90 Å². The largest absolute Gasteiger partial charge is 0.503 e. The molecule has 1 aromatic carbocycles. The fourth-order valence-electron chi connectivity index (χ4n) is 2.53. The normalized spacial score (nSPS) is 10.7. The molecule has 0 radical (unpaired) electrons.